The van der Waals surface area contributed by atoms with Crippen molar-refractivity contribution in [3.63, 3.8) is 0 Å². The van der Waals surface area contributed by atoms with Crippen molar-refractivity contribution in [3.8, 4) is 0 Å². The summed E-state index contributed by atoms with van der Waals surface area (Å²) in [6, 6.07) is 14.3. The molecule has 0 aliphatic carbocycles. The van der Waals surface area contributed by atoms with Gasteiger partial charge in [0.1, 0.15) is 17.5 Å². The number of aromatic nitrogens is 2. The molecule has 26 heavy (non-hydrogen) atoms. The molecule has 0 aliphatic rings. The molecule has 2 aromatic carbocycles. The highest BCUT2D eigenvalue weighted by Gasteiger charge is 2.06. The number of nitrogens with one attached hydrogen (secondary N) is 2. The van der Waals surface area contributed by atoms with Crippen molar-refractivity contribution in [2.75, 3.05) is 10.6 Å². The van der Waals surface area contributed by atoms with Crippen LogP contribution in [0.4, 0.5) is 23.0 Å². The van der Waals surface area contributed by atoms with E-state index in [1.807, 2.05) is 25.1 Å². The molecular formula is C19H16Cl2N4O. The number of carbonyl (C=O) groups is 1. The van der Waals surface area contributed by atoms with Crippen LogP contribution in [0.2, 0.25) is 10.0 Å². The third-order valence-corrected chi connectivity index (χ3v) is 4.33. The average molecular weight is 387 g/mol. The summed E-state index contributed by atoms with van der Waals surface area (Å²) in [4.78, 5) is 20.1. The van der Waals surface area contributed by atoms with Gasteiger partial charge in [0.25, 0.3) is 0 Å². The van der Waals surface area contributed by atoms with Crippen molar-refractivity contribution < 1.29 is 4.79 Å². The zero-order valence-electron chi connectivity index (χ0n) is 14.2. The summed E-state index contributed by atoms with van der Waals surface area (Å²) in [6.45, 7) is 3.35. The predicted octanol–water partition coefficient (Wildman–Crippen LogP) is 5.78. The lowest BCUT2D eigenvalue weighted by atomic mass is 10.1. The number of nitrogens with zero attached hydrogens (tertiary/aromatic N) is 2. The van der Waals surface area contributed by atoms with Crippen LogP contribution in [0.5, 0.6) is 0 Å². The molecule has 0 atom stereocenters. The van der Waals surface area contributed by atoms with Gasteiger partial charge in [-0.25, -0.2) is 9.97 Å². The highest BCUT2D eigenvalue weighted by atomic mass is 35.5. The van der Waals surface area contributed by atoms with E-state index in [0.29, 0.717) is 33.1 Å². The van der Waals surface area contributed by atoms with E-state index in [9.17, 15) is 4.79 Å². The van der Waals surface area contributed by atoms with Gasteiger partial charge in [0.2, 0.25) is 0 Å². The van der Waals surface area contributed by atoms with Crippen molar-refractivity contribution in [1.82, 2.24) is 9.97 Å². The van der Waals surface area contributed by atoms with Gasteiger partial charge < -0.3 is 10.6 Å². The van der Waals surface area contributed by atoms with E-state index in [-0.39, 0.29) is 5.78 Å². The Balaban J connectivity index is 1.80. The maximum Gasteiger partial charge on any atom is 0.159 e. The topological polar surface area (TPSA) is 66.9 Å². The number of Topliss-reactive ketones (excluding diaryl/α,β-unsaturated/α-hetero) is 1. The van der Waals surface area contributed by atoms with Gasteiger partial charge in [-0.15, -0.1) is 0 Å². The quantitative estimate of drug-likeness (QED) is 0.543. The van der Waals surface area contributed by atoms with Gasteiger partial charge in [0.15, 0.2) is 5.78 Å². The zero-order chi connectivity index (χ0) is 18.7. The van der Waals surface area contributed by atoms with Crippen molar-refractivity contribution in [2.45, 2.75) is 13.8 Å². The number of hydrogen-bond donors (Lipinski definition) is 2. The molecule has 1 aromatic heterocycles. The van der Waals surface area contributed by atoms with Crippen LogP contribution in [0, 0.1) is 6.92 Å². The van der Waals surface area contributed by atoms with Crippen LogP contribution in [0.1, 0.15) is 23.1 Å². The summed E-state index contributed by atoms with van der Waals surface area (Å²) in [5.74, 6) is 1.90. The molecular weight excluding hydrogens is 371 g/mol. The fraction of sp³-hybridized carbons (Fsp3) is 0.105. The molecule has 132 valence electrons. The lowest BCUT2D eigenvalue weighted by molar-refractivity contribution is 0.101. The van der Waals surface area contributed by atoms with Crippen molar-refractivity contribution >= 4 is 52.0 Å². The van der Waals surface area contributed by atoms with Crippen LogP contribution in [0.15, 0.2) is 48.5 Å². The number of anilines is 4. The molecule has 7 heteroatoms. The van der Waals surface area contributed by atoms with E-state index in [4.69, 9.17) is 23.2 Å². The molecule has 0 saturated carbocycles. The summed E-state index contributed by atoms with van der Waals surface area (Å²) in [5.41, 5.74) is 2.26. The number of benzene rings is 2. The zero-order valence-corrected chi connectivity index (χ0v) is 15.7. The van der Waals surface area contributed by atoms with Crippen molar-refractivity contribution in [2.24, 2.45) is 0 Å². The van der Waals surface area contributed by atoms with Crippen LogP contribution in [0.25, 0.3) is 0 Å². The van der Waals surface area contributed by atoms with Gasteiger partial charge in [-0.3, -0.25) is 4.79 Å². The Kier molecular flexibility index (Phi) is 5.40. The number of carbonyl (C=O) groups excluding carboxylic acids is 1. The minimum atomic E-state index is 0.0301. The number of hydrogen-bond acceptors (Lipinski definition) is 5. The second-order valence-electron chi connectivity index (χ2n) is 5.70. The molecule has 0 aliphatic heterocycles. The second-order valence-corrected chi connectivity index (χ2v) is 6.51. The van der Waals surface area contributed by atoms with E-state index in [1.165, 1.54) is 6.92 Å². The number of ketones is 1. The maximum atomic E-state index is 11.4. The maximum absolute atomic E-state index is 11.4. The van der Waals surface area contributed by atoms with Gasteiger partial charge in [0, 0.05) is 23.0 Å². The molecule has 3 rings (SSSR count). The Morgan fingerprint density at radius 3 is 2.00 bits per heavy atom. The highest BCUT2D eigenvalue weighted by Crippen LogP contribution is 2.27. The summed E-state index contributed by atoms with van der Waals surface area (Å²) in [6.07, 6.45) is 0. The first-order chi connectivity index (χ1) is 12.4. The summed E-state index contributed by atoms with van der Waals surface area (Å²) in [5, 5.41) is 7.35. The van der Waals surface area contributed by atoms with Gasteiger partial charge >= 0.3 is 0 Å². The average Bonchev–Trinajstić information content (AvgIpc) is 2.58. The molecule has 0 bridgehead atoms. The summed E-state index contributed by atoms with van der Waals surface area (Å²) in [7, 11) is 0. The van der Waals surface area contributed by atoms with E-state index in [0.717, 1.165) is 11.4 Å². The van der Waals surface area contributed by atoms with Gasteiger partial charge in [0.05, 0.1) is 10.0 Å². The van der Waals surface area contributed by atoms with Crippen molar-refractivity contribution in [1.29, 1.82) is 0 Å². The van der Waals surface area contributed by atoms with Crippen LogP contribution < -0.4 is 10.6 Å². The first-order valence-corrected chi connectivity index (χ1v) is 8.62. The molecule has 0 spiro atoms. The molecule has 0 unspecified atom stereocenters. The number of rotatable bonds is 5. The molecule has 0 amide bonds. The van der Waals surface area contributed by atoms with Crippen LogP contribution in [0.3, 0.4) is 0 Å². The van der Waals surface area contributed by atoms with Crippen LogP contribution >= 0.6 is 23.2 Å². The Morgan fingerprint density at radius 2 is 1.42 bits per heavy atom. The lowest BCUT2D eigenvalue weighted by Crippen LogP contribution is -2.02. The number of aryl methyl sites for hydroxylation is 1. The van der Waals surface area contributed by atoms with E-state index in [1.54, 1.807) is 30.3 Å². The largest absolute Gasteiger partial charge is 0.340 e. The summed E-state index contributed by atoms with van der Waals surface area (Å²) >= 11 is 12.0. The minimum absolute atomic E-state index is 0.0301. The molecule has 0 radical (unpaired) electrons. The second kappa shape index (κ2) is 7.72. The fourth-order valence-electron chi connectivity index (χ4n) is 2.35. The van der Waals surface area contributed by atoms with E-state index >= 15 is 0 Å². The Bertz CT molecular complexity index is 958. The Morgan fingerprint density at radius 1 is 0.846 bits per heavy atom. The predicted molar refractivity (Wildman–Crippen MR) is 106 cm³/mol. The summed E-state index contributed by atoms with van der Waals surface area (Å²) < 4.78 is 0. The fourth-order valence-corrected chi connectivity index (χ4v) is 2.65. The first-order valence-electron chi connectivity index (χ1n) is 7.86. The van der Waals surface area contributed by atoms with Crippen molar-refractivity contribution in [3.05, 3.63) is 70.0 Å². The molecule has 3 aromatic rings. The smallest absolute Gasteiger partial charge is 0.159 e. The SMILES string of the molecule is CC(=O)c1ccc(Nc2cc(Nc3ccc(Cl)c(Cl)c3)nc(C)n2)cc1. The monoisotopic (exact) mass is 386 g/mol. The molecule has 0 fully saturated rings. The Labute approximate surface area is 161 Å². The molecule has 2 N–H and O–H groups in total. The molecule has 0 saturated heterocycles. The number of halogens is 2. The third-order valence-electron chi connectivity index (χ3n) is 3.59. The third kappa shape index (κ3) is 4.50. The molecule has 5 nitrogen and oxygen atoms in total. The van der Waals surface area contributed by atoms with E-state index < -0.39 is 0 Å². The van der Waals surface area contributed by atoms with Gasteiger partial charge in [-0.1, -0.05) is 23.2 Å². The lowest BCUT2D eigenvalue weighted by Gasteiger charge is -2.11. The first kappa shape index (κ1) is 18.2. The Hall–Kier alpha value is -2.63. The standard InChI is InChI=1S/C19H16Cl2N4O/c1-11(26)13-3-5-14(6-4-13)24-18-10-19(23-12(2)22-18)25-15-7-8-16(20)17(21)9-15/h3-10H,1-2H3,(H2,22,23,24,25). The van der Waals surface area contributed by atoms with Gasteiger partial charge in [-0.2, -0.15) is 0 Å². The highest BCUT2D eigenvalue weighted by molar-refractivity contribution is 6.42. The normalized spacial score (nSPS) is 10.5. The van der Waals surface area contributed by atoms with Gasteiger partial charge in [-0.05, 0) is 56.3 Å². The van der Waals surface area contributed by atoms with Crippen LogP contribution in [-0.4, -0.2) is 15.8 Å². The molecule has 1 heterocycles. The minimum Gasteiger partial charge on any atom is -0.340 e. The van der Waals surface area contributed by atoms with E-state index in [2.05, 4.69) is 20.6 Å². The van der Waals surface area contributed by atoms with Crippen LogP contribution in [-0.2, 0) is 0 Å².